The van der Waals surface area contributed by atoms with Crippen LogP contribution >= 0.6 is 0 Å². The zero-order chi connectivity index (χ0) is 12.8. The molecule has 0 radical (unpaired) electrons. The lowest BCUT2D eigenvalue weighted by Gasteiger charge is -2.27. The third kappa shape index (κ3) is 4.63. The number of carbonyl (C=O) groups is 2. The van der Waals surface area contributed by atoms with Gasteiger partial charge in [0.2, 0.25) is 0 Å². The Morgan fingerprint density at radius 1 is 1.29 bits per heavy atom. The molecule has 0 heterocycles. The van der Waals surface area contributed by atoms with Gasteiger partial charge >= 0.3 is 12.0 Å². The largest absolute Gasteiger partial charge is 0.481 e. The van der Waals surface area contributed by atoms with Crippen LogP contribution in [-0.4, -0.2) is 29.2 Å². The molecule has 1 atom stereocenters. The lowest BCUT2D eigenvalue weighted by molar-refractivity contribution is -0.142. The summed E-state index contributed by atoms with van der Waals surface area (Å²) < 4.78 is 0. The topological polar surface area (TPSA) is 78.4 Å². The van der Waals surface area contributed by atoms with Crippen molar-refractivity contribution < 1.29 is 14.7 Å². The van der Waals surface area contributed by atoms with Gasteiger partial charge in [-0.3, -0.25) is 4.79 Å². The summed E-state index contributed by atoms with van der Waals surface area (Å²) in [4.78, 5) is 22.3. The van der Waals surface area contributed by atoms with Crippen LogP contribution in [-0.2, 0) is 4.79 Å². The quantitative estimate of drug-likeness (QED) is 0.702. The number of hydrogen-bond acceptors (Lipinski definition) is 2. The molecule has 1 unspecified atom stereocenters. The van der Waals surface area contributed by atoms with Gasteiger partial charge in [0.15, 0.2) is 0 Å². The molecule has 1 aliphatic carbocycles. The Labute approximate surface area is 102 Å². The molecular weight excluding hydrogens is 220 g/mol. The lowest BCUT2D eigenvalue weighted by Crippen LogP contribution is -2.46. The van der Waals surface area contributed by atoms with Crippen LogP contribution in [0.1, 0.15) is 46.0 Å². The first-order valence-electron chi connectivity index (χ1n) is 6.32. The van der Waals surface area contributed by atoms with E-state index in [1.807, 2.05) is 13.8 Å². The molecule has 0 saturated heterocycles. The summed E-state index contributed by atoms with van der Waals surface area (Å²) in [5.74, 6) is -0.946. The van der Waals surface area contributed by atoms with E-state index in [2.05, 4.69) is 10.6 Å². The molecule has 0 aliphatic heterocycles. The fraction of sp³-hybridized carbons (Fsp3) is 0.833. The van der Waals surface area contributed by atoms with Gasteiger partial charge in [-0.1, -0.05) is 6.92 Å². The number of hydrogen-bond donors (Lipinski definition) is 3. The van der Waals surface area contributed by atoms with E-state index >= 15 is 0 Å². The second-order valence-electron chi connectivity index (χ2n) is 4.81. The van der Waals surface area contributed by atoms with Crippen LogP contribution in [0.3, 0.4) is 0 Å². The Balaban J connectivity index is 2.26. The van der Waals surface area contributed by atoms with Crippen LogP contribution in [0.2, 0.25) is 0 Å². The van der Waals surface area contributed by atoms with Crippen molar-refractivity contribution in [2.75, 3.05) is 0 Å². The maximum Gasteiger partial charge on any atom is 0.315 e. The second-order valence-corrected chi connectivity index (χ2v) is 4.81. The molecule has 0 aromatic rings. The van der Waals surface area contributed by atoms with Crippen molar-refractivity contribution in [1.29, 1.82) is 0 Å². The normalized spacial score (nSPS) is 26.0. The minimum Gasteiger partial charge on any atom is -0.481 e. The van der Waals surface area contributed by atoms with Gasteiger partial charge in [-0.25, -0.2) is 4.79 Å². The second kappa shape index (κ2) is 6.47. The number of aliphatic carboxylic acids is 1. The standard InChI is InChI=1S/C12H22N2O3/c1-3-8(2)13-12(17)14-10-6-4-9(5-7-10)11(15)16/h8-10H,3-7H2,1-2H3,(H,15,16)(H2,13,14,17). The highest BCUT2D eigenvalue weighted by molar-refractivity contribution is 5.74. The molecule has 98 valence electrons. The summed E-state index contributed by atoms with van der Waals surface area (Å²) in [5, 5.41) is 14.6. The lowest BCUT2D eigenvalue weighted by atomic mass is 9.86. The minimum absolute atomic E-state index is 0.120. The van der Waals surface area contributed by atoms with Gasteiger partial charge in [0.25, 0.3) is 0 Å². The molecule has 0 spiro atoms. The van der Waals surface area contributed by atoms with Crippen molar-refractivity contribution in [3.05, 3.63) is 0 Å². The van der Waals surface area contributed by atoms with Crippen LogP contribution in [0.25, 0.3) is 0 Å². The molecular formula is C12H22N2O3. The Morgan fingerprint density at radius 3 is 2.35 bits per heavy atom. The Morgan fingerprint density at radius 2 is 1.88 bits per heavy atom. The predicted octanol–water partition coefficient (Wildman–Crippen LogP) is 1.73. The van der Waals surface area contributed by atoms with E-state index in [1.165, 1.54) is 0 Å². The maximum atomic E-state index is 11.6. The monoisotopic (exact) mass is 242 g/mol. The van der Waals surface area contributed by atoms with Gasteiger partial charge in [0, 0.05) is 12.1 Å². The number of nitrogens with one attached hydrogen (secondary N) is 2. The summed E-state index contributed by atoms with van der Waals surface area (Å²) in [6.07, 6.45) is 3.72. The average molecular weight is 242 g/mol. The van der Waals surface area contributed by atoms with Crippen LogP contribution in [0, 0.1) is 5.92 Å². The molecule has 3 N–H and O–H groups in total. The number of carbonyl (C=O) groups excluding carboxylic acids is 1. The molecule has 1 saturated carbocycles. The van der Waals surface area contributed by atoms with Crippen molar-refractivity contribution in [2.45, 2.75) is 58.0 Å². The molecule has 5 heteroatoms. The van der Waals surface area contributed by atoms with E-state index in [0.717, 1.165) is 19.3 Å². The predicted molar refractivity (Wildman–Crippen MR) is 64.8 cm³/mol. The van der Waals surface area contributed by atoms with Crippen molar-refractivity contribution in [1.82, 2.24) is 10.6 Å². The van der Waals surface area contributed by atoms with Crippen molar-refractivity contribution in [2.24, 2.45) is 5.92 Å². The van der Waals surface area contributed by atoms with E-state index in [0.29, 0.717) is 12.8 Å². The van der Waals surface area contributed by atoms with Crippen molar-refractivity contribution in [3.8, 4) is 0 Å². The summed E-state index contributed by atoms with van der Waals surface area (Å²) in [6.45, 7) is 3.98. The summed E-state index contributed by atoms with van der Waals surface area (Å²) in [6, 6.07) is 0.151. The summed E-state index contributed by atoms with van der Waals surface area (Å²) >= 11 is 0. The highest BCUT2D eigenvalue weighted by Gasteiger charge is 2.26. The SMILES string of the molecule is CCC(C)NC(=O)NC1CCC(C(=O)O)CC1. The van der Waals surface area contributed by atoms with Gasteiger partial charge in [-0.15, -0.1) is 0 Å². The molecule has 1 rings (SSSR count). The van der Waals surface area contributed by atoms with Crippen LogP contribution in [0.4, 0.5) is 4.79 Å². The molecule has 1 aliphatic rings. The van der Waals surface area contributed by atoms with E-state index in [-0.39, 0.29) is 24.0 Å². The Hall–Kier alpha value is -1.26. The first kappa shape index (κ1) is 13.8. The summed E-state index contributed by atoms with van der Waals surface area (Å²) in [7, 11) is 0. The first-order chi connectivity index (χ1) is 8.02. The third-order valence-corrected chi connectivity index (χ3v) is 3.40. The molecule has 5 nitrogen and oxygen atoms in total. The Kier molecular flexibility index (Phi) is 5.25. The van der Waals surface area contributed by atoms with Gasteiger partial charge in [-0.05, 0) is 39.0 Å². The smallest absolute Gasteiger partial charge is 0.315 e. The fourth-order valence-electron chi connectivity index (χ4n) is 2.04. The molecule has 0 bridgehead atoms. The van der Waals surface area contributed by atoms with Crippen LogP contribution in [0.15, 0.2) is 0 Å². The van der Waals surface area contributed by atoms with Crippen LogP contribution in [0.5, 0.6) is 0 Å². The van der Waals surface area contributed by atoms with E-state index in [4.69, 9.17) is 5.11 Å². The van der Waals surface area contributed by atoms with E-state index < -0.39 is 5.97 Å². The fourth-order valence-corrected chi connectivity index (χ4v) is 2.04. The van der Waals surface area contributed by atoms with Crippen molar-refractivity contribution >= 4 is 12.0 Å². The zero-order valence-electron chi connectivity index (χ0n) is 10.5. The summed E-state index contributed by atoms with van der Waals surface area (Å²) in [5.41, 5.74) is 0. The first-order valence-corrected chi connectivity index (χ1v) is 6.32. The number of rotatable bonds is 4. The molecule has 1 fully saturated rings. The number of amides is 2. The number of carboxylic acids is 1. The van der Waals surface area contributed by atoms with Gasteiger partial charge in [0.05, 0.1) is 5.92 Å². The molecule has 2 amide bonds. The van der Waals surface area contributed by atoms with Gasteiger partial charge < -0.3 is 15.7 Å². The van der Waals surface area contributed by atoms with Crippen molar-refractivity contribution in [3.63, 3.8) is 0 Å². The maximum absolute atomic E-state index is 11.6. The number of carboxylic acid groups (broad SMARTS) is 1. The molecule has 0 aromatic heterocycles. The minimum atomic E-state index is -0.715. The average Bonchev–Trinajstić information content (AvgIpc) is 2.29. The van der Waals surface area contributed by atoms with Gasteiger partial charge in [-0.2, -0.15) is 0 Å². The Bertz CT molecular complexity index is 273. The zero-order valence-corrected chi connectivity index (χ0v) is 10.5. The number of urea groups is 1. The van der Waals surface area contributed by atoms with Crippen LogP contribution < -0.4 is 10.6 Å². The van der Waals surface area contributed by atoms with Gasteiger partial charge in [0.1, 0.15) is 0 Å². The van der Waals surface area contributed by atoms with E-state index in [9.17, 15) is 9.59 Å². The molecule has 17 heavy (non-hydrogen) atoms. The molecule has 0 aromatic carbocycles. The van der Waals surface area contributed by atoms with E-state index in [1.54, 1.807) is 0 Å². The highest BCUT2D eigenvalue weighted by Crippen LogP contribution is 2.24. The third-order valence-electron chi connectivity index (χ3n) is 3.40. The highest BCUT2D eigenvalue weighted by atomic mass is 16.4.